The number of rotatable bonds is 0. The highest BCUT2D eigenvalue weighted by molar-refractivity contribution is 9.10. The van der Waals surface area contributed by atoms with E-state index >= 15 is 0 Å². The van der Waals surface area contributed by atoms with Crippen LogP contribution in [0.15, 0.2) is 32.7 Å². The molecule has 0 amide bonds. The van der Waals surface area contributed by atoms with Crippen molar-refractivity contribution in [2.75, 3.05) is 13.1 Å². The zero-order valence-corrected chi connectivity index (χ0v) is 10.1. The van der Waals surface area contributed by atoms with E-state index in [1.54, 1.807) is 0 Å². The number of benzene rings is 1. The third-order valence-corrected chi connectivity index (χ3v) is 3.44. The summed E-state index contributed by atoms with van der Waals surface area (Å²) in [7, 11) is 0. The van der Waals surface area contributed by atoms with E-state index in [0.717, 1.165) is 34.6 Å². The van der Waals surface area contributed by atoms with Gasteiger partial charge in [0.2, 0.25) is 5.29 Å². The lowest BCUT2D eigenvalue weighted by molar-refractivity contribution is 0.673. The van der Waals surface area contributed by atoms with Crippen LogP contribution < -0.4 is 0 Å². The fraction of sp³-hybridized carbons (Fsp3) is 0.200. The summed E-state index contributed by atoms with van der Waals surface area (Å²) in [5, 5.41) is 0.511. The predicted molar refractivity (Wildman–Crippen MR) is 65.2 cm³/mol. The number of hydrogen-bond donors (Lipinski definition) is 0. The summed E-state index contributed by atoms with van der Waals surface area (Å²) < 4.78 is 1.01. The van der Waals surface area contributed by atoms with Crippen molar-refractivity contribution >= 4 is 44.3 Å². The summed E-state index contributed by atoms with van der Waals surface area (Å²) in [6.07, 6.45) is 0. The number of aliphatic imine (C=N–C) groups is 2. The van der Waals surface area contributed by atoms with Crippen LogP contribution in [0.3, 0.4) is 0 Å². The van der Waals surface area contributed by atoms with Crippen LogP contribution in [0.2, 0.25) is 0 Å². The lowest BCUT2D eigenvalue weighted by Gasteiger charge is -2.24. The van der Waals surface area contributed by atoms with E-state index in [9.17, 15) is 0 Å². The SMILES string of the molecule is ClC1=Nc2cccc(Br)c2C2=NCCN12. The van der Waals surface area contributed by atoms with Crippen molar-refractivity contribution in [1.29, 1.82) is 0 Å². The summed E-state index contributed by atoms with van der Waals surface area (Å²) in [5.41, 5.74) is 1.92. The van der Waals surface area contributed by atoms with Gasteiger partial charge in [0.1, 0.15) is 5.84 Å². The highest BCUT2D eigenvalue weighted by Crippen LogP contribution is 2.34. The van der Waals surface area contributed by atoms with Crippen molar-refractivity contribution < 1.29 is 0 Å². The van der Waals surface area contributed by atoms with Gasteiger partial charge in [-0.2, -0.15) is 0 Å². The summed E-state index contributed by atoms with van der Waals surface area (Å²) in [4.78, 5) is 10.7. The maximum Gasteiger partial charge on any atom is 0.204 e. The maximum absolute atomic E-state index is 6.08. The molecule has 5 heteroatoms. The molecule has 0 aliphatic carbocycles. The van der Waals surface area contributed by atoms with E-state index < -0.39 is 0 Å². The Morgan fingerprint density at radius 1 is 1.40 bits per heavy atom. The largest absolute Gasteiger partial charge is 0.299 e. The molecule has 3 nitrogen and oxygen atoms in total. The lowest BCUT2D eigenvalue weighted by atomic mass is 10.1. The van der Waals surface area contributed by atoms with Gasteiger partial charge in [-0.25, -0.2) is 4.99 Å². The molecule has 0 saturated carbocycles. The molecule has 1 aromatic rings. The van der Waals surface area contributed by atoms with Crippen LogP contribution in [-0.4, -0.2) is 29.1 Å². The van der Waals surface area contributed by atoms with E-state index in [1.165, 1.54) is 0 Å². The van der Waals surface area contributed by atoms with Gasteiger partial charge in [-0.15, -0.1) is 0 Å². The van der Waals surface area contributed by atoms with Crippen molar-refractivity contribution in [1.82, 2.24) is 4.90 Å². The molecule has 0 N–H and O–H groups in total. The van der Waals surface area contributed by atoms with Crippen LogP contribution in [0.4, 0.5) is 5.69 Å². The molecular weight excluding hydrogens is 277 g/mol. The molecular formula is C10H7BrClN3. The van der Waals surface area contributed by atoms with E-state index in [4.69, 9.17) is 11.6 Å². The van der Waals surface area contributed by atoms with Crippen molar-refractivity contribution in [2.45, 2.75) is 0 Å². The number of fused-ring (bicyclic) bond motifs is 3. The molecule has 15 heavy (non-hydrogen) atoms. The monoisotopic (exact) mass is 283 g/mol. The van der Waals surface area contributed by atoms with Crippen LogP contribution in [0.1, 0.15) is 5.56 Å². The molecule has 2 aliphatic heterocycles. The summed E-state index contributed by atoms with van der Waals surface area (Å²) >= 11 is 9.60. The van der Waals surface area contributed by atoms with Gasteiger partial charge >= 0.3 is 0 Å². The second kappa shape index (κ2) is 3.32. The highest BCUT2D eigenvalue weighted by atomic mass is 79.9. The van der Waals surface area contributed by atoms with Gasteiger partial charge < -0.3 is 0 Å². The topological polar surface area (TPSA) is 28.0 Å². The minimum absolute atomic E-state index is 0.511. The first-order chi connectivity index (χ1) is 7.27. The molecule has 3 rings (SSSR count). The lowest BCUT2D eigenvalue weighted by Crippen LogP contribution is -2.34. The van der Waals surface area contributed by atoms with Gasteiger partial charge in [-0.3, -0.25) is 9.89 Å². The number of nitrogens with zero attached hydrogens (tertiary/aromatic N) is 3. The molecule has 2 heterocycles. The van der Waals surface area contributed by atoms with E-state index in [2.05, 4.69) is 25.9 Å². The van der Waals surface area contributed by atoms with Crippen molar-refractivity contribution in [3.63, 3.8) is 0 Å². The summed E-state index contributed by atoms with van der Waals surface area (Å²) in [6, 6.07) is 5.88. The molecule has 0 saturated heterocycles. The molecule has 76 valence electrons. The normalized spacial score (nSPS) is 18.1. The Morgan fingerprint density at radius 3 is 3.13 bits per heavy atom. The molecule has 0 bridgehead atoms. The highest BCUT2D eigenvalue weighted by Gasteiger charge is 2.29. The zero-order chi connectivity index (χ0) is 10.4. The Kier molecular flexibility index (Phi) is 2.07. The molecule has 0 radical (unpaired) electrons. The Bertz CT molecular complexity index is 495. The van der Waals surface area contributed by atoms with Crippen LogP contribution in [0.25, 0.3) is 0 Å². The van der Waals surface area contributed by atoms with Crippen LogP contribution in [0.5, 0.6) is 0 Å². The second-order valence-electron chi connectivity index (χ2n) is 3.37. The van der Waals surface area contributed by atoms with Crippen molar-refractivity contribution in [3.8, 4) is 0 Å². The van der Waals surface area contributed by atoms with Gasteiger partial charge in [0.05, 0.1) is 17.8 Å². The molecule has 0 spiro atoms. The Hall–Kier alpha value is -0.870. The number of hydrogen-bond acceptors (Lipinski definition) is 3. The van der Waals surface area contributed by atoms with Gasteiger partial charge in [0.25, 0.3) is 0 Å². The fourth-order valence-electron chi connectivity index (χ4n) is 1.83. The molecule has 2 aliphatic rings. The molecule has 0 atom stereocenters. The smallest absolute Gasteiger partial charge is 0.204 e. The third-order valence-electron chi connectivity index (χ3n) is 2.49. The Morgan fingerprint density at radius 2 is 2.27 bits per heavy atom. The van der Waals surface area contributed by atoms with Crippen molar-refractivity contribution in [3.05, 3.63) is 28.2 Å². The average Bonchev–Trinajstić information content (AvgIpc) is 2.66. The maximum atomic E-state index is 6.08. The first-order valence-electron chi connectivity index (χ1n) is 4.62. The first kappa shape index (κ1) is 9.36. The van der Waals surface area contributed by atoms with Gasteiger partial charge in [0.15, 0.2) is 0 Å². The fourth-order valence-corrected chi connectivity index (χ4v) is 2.62. The number of halogens is 2. The second-order valence-corrected chi connectivity index (χ2v) is 4.56. The Balaban J connectivity index is 2.30. The molecule has 0 unspecified atom stereocenters. The zero-order valence-electron chi connectivity index (χ0n) is 7.74. The molecule has 0 fully saturated rings. The van der Waals surface area contributed by atoms with Crippen molar-refractivity contribution in [2.24, 2.45) is 9.98 Å². The minimum atomic E-state index is 0.511. The van der Waals surface area contributed by atoms with E-state index in [0.29, 0.717) is 5.29 Å². The van der Waals surface area contributed by atoms with Crippen LogP contribution >= 0.6 is 27.5 Å². The third kappa shape index (κ3) is 1.32. The summed E-state index contributed by atoms with van der Waals surface area (Å²) in [6.45, 7) is 1.60. The Labute approximate surface area is 101 Å². The average molecular weight is 285 g/mol. The number of amidine groups is 2. The standard InChI is InChI=1S/C10H7BrClN3/c11-6-2-1-3-7-8(6)9-13-4-5-15(9)10(12)14-7/h1-3H,4-5H2. The van der Waals surface area contributed by atoms with E-state index in [1.807, 2.05) is 23.1 Å². The van der Waals surface area contributed by atoms with Gasteiger partial charge in [0, 0.05) is 11.0 Å². The minimum Gasteiger partial charge on any atom is -0.299 e. The molecule has 0 aromatic heterocycles. The van der Waals surface area contributed by atoms with E-state index in [-0.39, 0.29) is 0 Å². The van der Waals surface area contributed by atoms with Gasteiger partial charge in [-0.1, -0.05) is 6.07 Å². The van der Waals surface area contributed by atoms with Crippen LogP contribution in [-0.2, 0) is 0 Å². The summed E-state index contributed by atoms with van der Waals surface area (Å²) in [5.74, 6) is 0.928. The quantitative estimate of drug-likeness (QED) is 0.673. The molecule has 1 aromatic carbocycles. The first-order valence-corrected chi connectivity index (χ1v) is 5.79. The van der Waals surface area contributed by atoms with Gasteiger partial charge in [-0.05, 0) is 39.7 Å². The van der Waals surface area contributed by atoms with Crippen LogP contribution in [0, 0.1) is 0 Å². The predicted octanol–water partition coefficient (Wildman–Crippen LogP) is 2.75.